The highest BCUT2D eigenvalue weighted by Crippen LogP contribution is 2.49. The van der Waals surface area contributed by atoms with E-state index in [4.69, 9.17) is 11.6 Å². The molecule has 1 atom stereocenters. The summed E-state index contributed by atoms with van der Waals surface area (Å²) in [6.07, 6.45) is -0.881. The highest BCUT2D eigenvalue weighted by Gasteiger charge is 2.53. The minimum absolute atomic E-state index is 0.0769. The van der Waals surface area contributed by atoms with Crippen LogP contribution in [0.3, 0.4) is 0 Å². The first-order valence-corrected chi connectivity index (χ1v) is 13.5. The first-order valence-electron chi connectivity index (χ1n) is 10.6. The van der Waals surface area contributed by atoms with Crippen molar-refractivity contribution in [3.05, 3.63) is 70.3 Å². The van der Waals surface area contributed by atoms with Crippen LogP contribution in [0.4, 0.5) is 8.78 Å². The zero-order valence-corrected chi connectivity index (χ0v) is 22.7. The van der Waals surface area contributed by atoms with E-state index in [-0.39, 0.29) is 24.6 Å². The van der Waals surface area contributed by atoms with E-state index in [1.807, 2.05) is 29.5 Å². The Kier molecular flexibility index (Phi) is 8.11. The van der Waals surface area contributed by atoms with Gasteiger partial charge in [0.1, 0.15) is 0 Å². The maximum atomic E-state index is 14.9. The van der Waals surface area contributed by atoms with Gasteiger partial charge in [-0.05, 0) is 71.8 Å². The molecule has 1 saturated heterocycles. The van der Waals surface area contributed by atoms with Gasteiger partial charge in [0, 0.05) is 33.5 Å². The number of halogens is 4. The molecule has 3 rings (SSSR count). The van der Waals surface area contributed by atoms with Gasteiger partial charge >= 0.3 is 11.9 Å². The number of benzene rings is 2. The average Bonchev–Trinajstić information content (AvgIpc) is 3.11. The van der Waals surface area contributed by atoms with E-state index in [1.54, 1.807) is 43.3 Å². The molecule has 0 spiro atoms. The molecule has 184 valence electrons. The summed E-state index contributed by atoms with van der Waals surface area (Å²) in [5.41, 5.74) is 0.817. The van der Waals surface area contributed by atoms with Crippen molar-refractivity contribution in [3.8, 4) is 0 Å². The van der Waals surface area contributed by atoms with Crippen LogP contribution in [-0.4, -0.2) is 44.3 Å². The monoisotopic (exact) mass is 623 g/mol. The third-order valence-corrected chi connectivity index (χ3v) is 9.13. The lowest BCUT2D eigenvalue weighted by atomic mass is 9.78. The number of rotatable bonds is 7. The number of carbonyl (C=O) groups is 1. The molecule has 1 aliphatic rings. The first-order chi connectivity index (χ1) is 15.8. The molecule has 1 heterocycles. The fraction of sp³-hybridized carbons (Fsp3) is 0.375. The van der Waals surface area contributed by atoms with Crippen molar-refractivity contribution in [2.45, 2.75) is 38.0 Å². The van der Waals surface area contributed by atoms with E-state index in [9.17, 15) is 22.0 Å². The summed E-state index contributed by atoms with van der Waals surface area (Å²) >= 11 is 8.03. The summed E-state index contributed by atoms with van der Waals surface area (Å²) in [7, 11) is -3.95. The summed E-state index contributed by atoms with van der Waals surface area (Å²) in [6.45, 7) is 4.41. The Hall–Kier alpha value is -1.56. The molecule has 1 aliphatic heterocycles. The molecule has 0 bridgehead atoms. The molecule has 2 aromatic rings. The molecule has 2 aromatic carbocycles. The molecule has 1 unspecified atom stereocenters. The van der Waals surface area contributed by atoms with Crippen LogP contribution in [-0.2, 0) is 19.6 Å². The van der Waals surface area contributed by atoms with E-state index < -0.39 is 33.8 Å². The number of alkyl halides is 2. The van der Waals surface area contributed by atoms with Crippen molar-refractivity contribution in [2.75, 3.05) is 19.7 Å². The molecular weight excluding hydrogens is 599 g/mol. The average molecular weight is 624 g/mol. The van der Waals surface area contributed by atoms with Gasteiger partial charge in [0.15, 0.2) is 0 Å². The molecule has 0 aromatic heterocycles. The normalized spacial score (nSPS) is 20.9. The predicted octanol–water partition coefficient (Wildman–Crippen LogP) is 6.09. The molecule has 0 aliphatic carbocycles. The van der Waals surface area contributed by atoms with Crippen LogP contribution in [0, 0.1) is 12.3 Å². The molecule has 0 radical (unpaired) electrons. The maximum absolute atomic E-state index is 14.9. The van der Waals surface area contributed by atoms with Gasteiger partial charge in [-0.2, -0.15) is 13.1 Å². The van der Waals surface area contributed by atoms with Crippen molar-refractivity contribution in [3.63, 3.8) is 0 Å². The smallest absolute Gasteiger partial charge is 0.376 e. The number of sulfonamides is 1. The number of carbonyl (C=O) groups excluding carboxylic acids is 1. The summed E-state index contributed by atoms with van der Waals surface area (Å²) in [5, 5.41) is 0.518. The van der Waals surface area contributed by atoms with Crippen molar-refractivity contribution in [1.29, 1.82) is 0 Å². The second kappa shape index (κ2) is 10.2. The fourth-order valence-electron chi connectivity index (χ4n) is 4.00. The lowest BCUT2D eigenvalue weighted by Crippen LogP contribution is -2.39. The third-order valence-electron chi connectivity index (χ3n) is 5.80. The highest BCUT2D eigenvalue weighted by atomic mass is 127. The molecule has 10 heteroatoms. The Morgan fingerprint density at radius 2 is 1.76 bits per heavy atom. The molecule has 1 fully saturated rings. The number of ether oxygens (including phenoxy) is 1. The number of aryl methyl sites for hydroxylation is 1. The predicted molar refractivity (Wildman–Crippen MR) is 137 cm³/mol. The lowest BCUT2D eigenvalue weighted by molar-refractivity contribution is -0.175. The minimum atomic E-state index is -3.95. The molecular formula is C24H25ClF2INO4S. The summed E-state index contributed by atoms with van der Waals surface area (Å²) in [5.74, 6) is -5.40. The van der Waals surface area contributed by atoms with Crippen LogP contribution >= 0.6 is 34.2 Å². The van der Waals surface area contributed by atoms with Crippen LogP contribution in [0.2, 0.25) is 5.02 Å². The molecule has 34 heavy (non-hydrogen) atoms. The summed E-state index contributed by atoms with van der Waals surface area (Å²) in [4.78, 5) is 12.1. The van der Waals surface area contributed by atoms with Gasteiger partial charge in [-0.25, -0.2) is 13.2 Å². The first kappa shape index (κ1) is 27.0. The lowest BCUT2D eigenvalue weighted by Gasteiger charge is -2.30. The molecule has 0 amide bonds. The van der Waals surface area contributed by atoms with Crippen molar-refractivity contribution < 1.29 is 26.7 Å². The quantitative estimate of drug-likeness (QED) is 0.277. The zero-order chi connectivity index (χ0) is 25.3. The van der Waals surface area contributed by atoms with Gasteiger partial charge in [0.25, 0.3) is 0 Å². The van der Waals surface area contributed by atoms with E-state index in [2.05, 4.69) is 4.74 Å². The number of hydrogen-bond donors (Lipinski definition) is 0. The van der Waals surface area contributed by atoms with Crippen LogP contribution in [0.25, 0.3) is 3.58 Å². The topological polar surface area (TPSA) is 63.7 Å². The molecule has 5 nitrogen and oxygen atoms in total. The van der Waals surface area contributed by atoms with Crippen LogP contribution < -0.4 is 0 Å². The second-order valence-corrected chi connectivity index (χ2v) is 12.0. The summed E-state index contributed by atoms with van der Waals surface area (Å²) in [6, 6.07) is 13.2. The summed E-state index contributed by atoms with van der Waals surface area (Å²) < 4.78 is 63.0. The third kappa shape index (κ3) is 5.63. The second-order valence-electron chi connectivity index (χ2n) is 8.55. The van der Waals surface area contributed by atoms with Gasteiger partial charge in [-0.15, -0.1) is 0 Å². The van der Waals surface area contributed by atoms with Gasteiger partial charge < -0.3 is 4.74 Å². The Labute approximate surface area is 217 Å². The van der Waals surface area contributed by atoms with E-state index in [0.29, 0.717) is 14.2 Å². The van der Waals surface area contributed by atoms with Crippen molar-refractivity contribution in [2.24, 2.45) is 5.41 Å². The van der Waals surface area contributed by atoms with Gasteiger partial charge in [-0.1, -0.05) is 48.4 Å². The maximum Gasteiger partial charge on any atom is 0.376 e. The van der Waals surface area contributed by atoms with Gasteiger partial charge in [0.2, 0.25) is 10.0 Å². The van der Waals surface area contributed by atoms with E-state index >= 15 is 0 Å². The van der Waals surface area contributed by atoms with Gasteiger partial charge in [0.05, 0.1) is 11.5 Å². The Morgan fingerprint density at radius 3 is 2.32 bits per heavy atom. The fourth-order valence-corrected chi connectivity index (χ4v) is 6.84. The molecule has 0 N–H and O–H groups in total. The van der Waals surface area contributed by atoms with E-state index in [1.165, 1.54) is 23.4 Å². The SMILES string of the molecule is CCOC(=O)C(F)(F)CC1(C)CN(S(=O)(=O)c2ccc(C)cc2)C/C1=C(\I)c1ccc(Cl)cc1. The highest BCUT2D eigenvalue weighted by molar-refractivity contribution is 14.1. The Morgan fingerprint density at radius 1 is 1.18 bits per heavy atom. The standard InChI is InChI=1S/C24H25ClF2INO4S/c1-4-33-22(30)24(26,27)14-23(3)15-29(34(31,32)19-11-5-16(2)6-12-19)13-20(23)21(28)17-7-9-18(25)10-8-17/h5-12H,4,13-15H2,1-3H3/b21-20+. The Bertz CT molecular complexity index is 1200. The molecule has 0 saturated carbocycles. The van der Waals surface area contributed by atoms with Crippen LogP contribution in [0.5, 0.6) is 0 Å². The van der Waals surface area contributed by atoms with Crippen LogP contribution in [0.15, 0.2) is 59.0 Å². The zero-order valence-electron chi connectivity index (χ0n) is 18.9. The van der Waals surface area contributed by atoms with Crippen LogP contribution in [0.1, 0.15) is 31.4 Å². The number of hydrogen-bond acceptors (Lipinski definition) is 4. The van der Waals surface area contributed by atoms with Gasteiger partial charge in [-0.3, -0.25) is 0 Å². The van der Waals surface area contributed by atoms with Crippen molar-refractivity contribution in [1.82, 2.24) is 4.31 Å². The number of esters is 1. The largest absolute Gasteiger partial charge is 0.462 e. The van der Waals surface area contributed by atoms with E-state index in [0.717, 1.165) is 11.1 Å². The Balaban J connectivity index is 2.08. The van der Waals surface area contributed by atoms with Crippen molar-refractivity contribution >= 4 is 53.8 Å². The minimum Gasteiger partial charge on any atom is -0.462 e. The number of nitrogens with zero attached hydrogens (tertiary/aromatic N) is 1.